The number of benzene rings is 1. The molecule has 16 heavy (non-hydrogen) atoms. The van der Waals surface area contributed by atoms with Crippen molar-refractivity contribution in [3.8, 4) is 5.75 Å². The van der Waals surface area contributed by atoms with E-state index in [0.717, 1.165) is 0 Å². The fraction of sp³-hybridized carbons (Fsp3) is 0.222. The lowest BCUT2D eigenvalue weighted by molar-refractivity contribution is 0.0950. The van der Waals surface area contributed by atoms with Crippen LogP contribution in [-0.2, 0) is 0 Å². The third kappa shape index (κ3) is 2.46. The molecule has 0 aliphatic rings. The van der Waals surface area contributed by atoms with Gasteiger partial charge in [-0.05, 0) is 6.07 Å². The second-order valence-corrected chi connectivity index (χ2v) is 3.62. The van der Waals surface area contributed by atoms with Crippen molar-refractivity contribution in [2.75, 3.05) is 11.9 Å². The molecule has 0 aliphatic heterocycles. The molecule has 1 aromatic rings. The zero-order chi connectivity index (χ0) is 12.3. The minimum absolute atomic E-state index is 0.192. The molecule has 0 aliphatic carbocycles. The highest BCUT2D eigenvalue weighted by Crippen LogP contribution is 2.25. The maximum Gasteiger partial charge on any atom is 0.254 e. The molecule has 0 spiro atoms. The smallest absolute Gasteiger partial charge is 0.254 e. The highest BCUT2D eigenvalue weighted by atomic mass is 79.9. The molecule has 7 heteroatoms. The second-order valence-electron chi connectivity index (χ2n) is 2.83. The summed E-state index contributed by atoms with van der Waals surface area (Å²) in [5, 5.41) is 11.5. The van der Waals surface area contributed by atoms with Gasteiger partial charge in [0, 0.05) is 11.9 Å². The van der Waals surface area contributed by atoms with Crippen molar-refractivity contribution in [1.29, 1.82) is 0 Å². The van der Waals surface area contributed by atoms with Gasteiger partial charge in [-0.3, -0.25) is 4.79 Å². The van der Waals surface area contributed by atoms with E-state index in [1.54, 1.807) is 0 Å². The molecule has 1 amide bonds. The molecule has 3 nitrogen and oxygen atoms in total. The quantitative estimate of drug-likeness (QED) is 0.662. The van der Waals surface area contributed by atoms with Crippen LogP contribution in [0, 0.1) is 17.5 Å². The molecule has 0 saturated carbocycles. The van der Waals surface area contributed by atoms with E-state index in [4.69, 9.17) is 5.11 Å². The second kappa shape index (κ2) is 5.20. The van der Waals surface area contributed by atoms with Gasteiger partial charge in [-0.2, -0.15) is 4.39 Å². The lowest BCUT2D eigenvalue weighted by Crippen LogP contribution is -2.26. The first-order chi connectivity index (χ1) is 7.49. The molecule has 1 aromatic carbocycles. The van der Waals surface area contributed by atoms with E-state index in [2.05, 4.69) is 21.2 Å². The van der Waals surface area contributed by atoms with Crippen molar-refractivity contribution in [1.82, 2.24) is 5.32 Å². The van der Waals surface area contributed by atoms with Gasteiger partial charge in [0.1, 0.15) is 0 Å². The van der Waals surface area contributed by atoms with E-state index in [-0.39, 0.29) is 6.54 Å². The van der Waals surface area contributed by atoms with Crippen molar-refractivity contribution >= 4 is 21.8 Å². The summed E-state index contributed by atoms with van der Waals surface area (Å²) < 4.78 is 38.7. The normalized spacial score (nSPS) is 10.2. The van der Waals surface area contributed by atoms with E-state index in [0.29, 0.717) is 11.4 Å². The van der Waals surface area contributed by atoms with Crippen LogP contribution in [-0.4, -0.2) is 22.9 Å². The highest BCUT2D eigenvalue weighted by Gasteiger charge is 2.21. The number of hydrogen-bond acceptors (Lipinski definition) is 2. The first-order valence-electron chi connectivity index (χ1n) is 4.19. The van der Waals surface area contributed by atoms with Crippen LogP contribution in [0.1, 0.15) is 10.4 Å². The van der Waals surface area contributed by atoms with Crippen LogP contribution in [0.3, 0.4) is 0 Å². The zero-order valence-electron chi connectivity index (χ0n) is 7.86. The molecular weight excluding hydrogens is 291 g/mol. The Labute approximate surface area is 97.4 Å². The molecule has 0 heterocycles. The fourth-order valence-corrected chi connectivity index (χ4v) is 1.21. The van der Waals surface area contributed by atoms with Crippen LogP contribution in [0.2, 0.25) is 0 Å². The molecule has 0 fully saturated rings. The summed E-state index contributed by atoms with van der Waals surface area (Å²) in [6.45, 7) is 0.192. The van der Waals surface area contributed by atoms with Crippen molar-refractivity contribution in [2.24, 2.45) is 0 Å². The van der Waals surface area contributed by atoms with Gasteiger partial charge < -0.3 is 10.4 Å². The Hall–Kier alpha value is -1.24. The van der Waals surface area contributed by atoms with E-state index >= 15 is 0 Å². The summed E-state index contributed by atoms with van der Waals surface area (Å²) in [6.07, 6.45) is 0. The molecule has 0 radical (unpaired) electrons. The fourth-order valence-electron chi connectivity index (χ4n) is 1.01. The van der Waals surface area contributed by atoms with Crippen molar-refractivity contribution < 1.29 is 23.1 Å². The van der Waals surface area contributed by atoms with Crippen LogP contribution < -0.4 is 5.32 Å². The number of halogens is 4. The Balaban J connectivity index is 3.10. The molecule has 2 N–H and O–H groups in total. The minimum Gasteiger partial charge on any atom is -0.503 e. The Morgan fingerprint density at radius 1 is 1.38 bits per heavy atom. The molecule has 88 valence electrons. The summed E-state index contributed by atoms with van der Waals surface area (Å²) in [5.41, 5.74) is -0.739. The largest absolute Gasteiger partial charge is 0.503 e. The highest BCUT2D eigenvalue weighted by molar-refractivity contribution is 9.09. The van der Waals surface area contributed by atoms with E-state index in [1.807, 2.05) is 0 Å². The number of carbonyl (C=O) groups is 1. The maximum absolute atomic E-state index is 13.2. The maximum atomic E-state index is 13.2. The number of phenols is 1. The van der Waals surface area contributed by atoms with E-state index in [1.165, 1.54) is 0 Å². The Morgan fingerprint density at radius 3 is 2.56 bits per heavy atom. The number of hydrogen-bond donors (Lipinski definition) is 2. The summed E-state index contributed by atoms with van der Waals surface area (Å²) >= 11 is 3.02. The summed E-state index contributed by atoms with van der Waals surface area (Å²) in [7, 11) is 0. The zero-order valence-corrected chi connectivity index (χ0v) is 9.44. The van der Waals surface area contributed by atoms with Gasteiger partial charge in [-0.1, -0.05) is 15.9 Å². The standard InChI is InChI=1S/C9H7BrF3NO2/c10-1-2-14-9(16)4-3-5(11)7(13)8(15)6(4)12/h3,15H,1-2H2,(H,14,16). The van der Waals surface area contributed by atoms with Crippen molar-refractivity contribution in [3.63, 3.8) is 0 Å². The van der Waals surface area contributed by atoms with Crippen LogP contribution >= 0.6 is 15.9 Å². The van der Waals surface area contributed by atoms with Gasteiger partial charge in [0.15, 0.2) is 17.4 Å². The number of aromatic hydroxyl groups is 1. The third-order valence-corrected chi connectivity index (χ3v) is 2.15. The summed E-state index contributed by atoms with van der Waals surface area (Å²) in [6, 6.07) is 0.397. The number of alkyl halides is 1. The average molecular weight is 298 g/mol. The van der Waals surface area contributed by atoms with Crippen molar-refractivity contribution in [2.45, 2.75) is 0 Å². The average Bonchev–Trinajstić information content (AvgIpc) is 2.28. The first kappa shape index (κ1) is 12.8. The molecule has 1 rings (SSSR count). The van der Waals surface area contributed by atoms with Crippen LogP contribution in [0.25, 0.3) is 0 Å². The van der Waals surface area contributed by atoms with Gasteiger partial charge in [0.25, 0.3) is 5.91 Å². The predicted octanol–water partition coefficient (Wildman–Crippen LogP) is 1.93. The van der Waals surface area contributed by atoms with Gasteiger partial charge in [-0.25, -0.2) is 8.78 Å². The summed E-state index contributed by atoms with van der Waals surface area (Å²) in [4.78, 5) is 11.3. The monoisotopic (exact) mass is 297 g/mol. The molecule has 0 aromatic heterocycles. The Kier molecular flexibility index (Phi) is 4.17. The lowest BCUT2D eigenvalue weighted by atomic mass is 10.1. The molecule has 0 unspecified atom stereocenters. The molecule has 0 atom stereocenters. The third-order valence-electron chi connectivity index (χ3n) is 1.76. The van der Waals surface area contributed by atoms with Gasteiger partial charge >= 0.3 is 0 Å². The van der Waals surface area contributed by atoms with Gasteiger partial charge in [-0.15, -0.1) is 0 Å². The minimum atomic E-state index is -1.71. The number of carbonyl (C=O) groups excluding carboxylic acids is 1. The SMILES string of the molecule is O=C(NCCBr)c1cc(F)c(F)c(O)c1F. The topological polar surface area (TPSA) is 49.3 Å². The number of nitrogens with one attached hydrogen (secondary N) is 1. The Bertz CT molecular complexity index is 426. The van der Waals surface area contributed by atoms with Crippen LogP contribution in [0.4, 0.5) is 13.2 Å². The number of phenolic OH excluding ortho intramolecular Hbond substituents is 1. The van der Waals surface area contributed by atoms with Crippen molar-refractivity contribution in [3.05, 3.63) is 29.1 Å². The van der Waals surface area contributed by atoms with Gasteiger partial charge in [0.05, 0.1) is 5.56 Å². The van der Waals surface area contributed by atoms with E-state index < -0.39 is 34.7 Å². The first-order valence-corrected chi connectivity index (χ1v) is 5.31. The molecular formula is C9H7BrF3NO2. The van der Waals surface area contributed by atoms with Crippen LogP contribution in [0.5, 0.6) is 5.75 Å². The Morgan fingerprint density at radius 2 is 2.00 bits per heavy atom. The summed E-state index contributed by atoms with van der Waals surface area (Å²) in [5.74, 6) is -7.10. The lowest BCUT2D eigenvalue weighted by Gasteiger charge is -2.06. The molecule has 0 saturated heterocycles. The number of amides is 1. The van der Waals surface area contributed by atoms with E-state index in [9.17, 15) is 18.0 Å². The van der Waals surface area contributed by atoms with Gasteiger partial charge in [0.2, 0.25) is 5.82 Å². The van der Waals surface area contributed by atoms with Crippen LogP contribution in [0.15, 0.2) is 6.07 Å². The number of rotatable bonds is 3. The molecule has 0 bridgehead atoms. The predicted molar refractivity (Wildman–Crippen MR) is 54.1 cm³/mol.